The van der Waals surface area contributed by atoms with E-state index in [0.717, 1.165) is 0 Å². The summed E-state index contributed by atoms with van der Waals surface area (Å²) in [6.45, 7) is 1.94. The second-order valence-electron chi connectivity index (χ2n) is 10.7. The standard InChI is InChI=1S/C34H35NO8S2/c1-22-14-12-13-21-44-34-30(42-33(38)25-19-10-5-11-20-25)29(41-32(37)24-17-8-4-9-18-24)28(27(43-34)26(22)35-45(2)39)40-31(36)23-15-6-3-7-16-23/h3-12,14-20,22,26-30,34-35H,13,21H2,1-2H3/b14-12+/t22-,26+,27?,28?,29?,30?,34?,45?/m0/s1. The molecule has 0 spiro atoms. The summed E-state index contributed by atoms with van der Waals surface area (Å²) in [5.41, 5.74) is 0.0354. The summed E-state index contributed by atoms with van der Waals surface area (Å²) in [5, 5.41) is 0. The normalized spacial score (nSPS) is 27.8. The van der Waals surface area contributed by atoms with Crippen LogP contribution in [0.15, 0.2) is 103 Å². The van der Waals surface area contributed by atoms with Crippen LogP contribution in [0.5, 0.6) is 0 Å². The molecule has 0 aliphatic carbocycles. The maximum absolute atomic E-state index is 13.6. The summed E-state index contributed by atoms with van der Waals surface area (Å²) >= 11 is -0.0788. The van der Waals surface area contributed by atoms with Gasteiger partial charge in [0.15, 0.2) is 18.3 Å². The van der Waals surface area contributed by atoms with Crippen LogP contribution in [0.2, 0.25) is 0 Å². The summed E-state index contributed by atoms with van der Waals surface area (Å²) in [4.78, 5) is 40.7. The van der Waals surface area contributed by atoms with Crippen LogP contribution in [-0.2, 0) is 30.3 Å². The number of ether oxygens (including phenoxy) is 4. The molecule has 3 aromatic carbocycles. The summed E-state index contributed by atoms with van der Waals surface area (Å²) in [6, 6.07) is 24.6. The predicted molar refractivity (Wildman–Crippen MR) is 172 cm³/mol. The van der Waals surface area contributed by atoms with E-state index in [-0.39, 0.29) is 17.0 Å². The zero-order valence-electron chi connectivity index (χ0n) is 24.9. The number of carbonyl (C=O) groups excluding carboxylic acids is 3. The molecule has 2 heterocycles. The summed E-state index contributed by atoms with van der Waals surface area (Å²) in [6.07, 6.45) is 1.59. The molecular formula is C34H35NO8S2. The van der Waals surface area contributed by atoms with Gasteiger partial charge >= 0.3 is 17.9 Å². The Labute approximate surface area is 270 Å². The van der Waals surface area contributed by atoms with Crippen LogP contribution in [-0.4, -0.2) is 70.4 Å². The van der Waals surface area contributed by atoms with Gasteiger partial charge in [0.25, 0.3) is 0 Å². The zero-order valence-corrected chi connectivity index (χ0v) is 26.5. The molecule has 2 bridgehead atoms. The molecule has 9 nitrogen and oxygen atoms in total. The van der Waals surface area contributed by atoms with Gasteiger partial charge < -0.3 is 23.5 Å². The van der Waals surface area contributed by atoms with Gasteiger partial charge in [-0.15, -0.1) is 16.5 Å². The first-order valence-electron chi connectivity index (χ1n) is 14.6. The van der Waals surface area contributed by atoms with E-state index in [1.54, 1.807) is 91.0 Å². The third-order valence-electron chi connectivity index (χ3n) is 7.52. The molecule has 1 N–H and O–H groups in total. The molecule has 5 rings (SSSR count). The lowest BCUT2D eigenvalue weighted by molar-refractivity contribution is -0.207. The van der Waals surface area contributed by atoms with Gasteiger partial charge in [-0.25, -0.2) is 14.4 Å². The van der Waals surface area contributed by atoms with Crippen molar-refractivity contribution in [2.45, 2.75) is 49.2 Å². The van der Waals surface area contributed by atoms with Crippen LogP contribution >= 0.6 is 11.8 Å². The second kappa shape index (κ2) is 15.6. The summed E-state index contributed by atoms with van der Waals surface area (Å²) < 4.78 is 40.7. The number of hydrogen-bond donors (Lipinski definition) is 1. The number of benzene rings is 3. The molecule has 0 radical (unpaired) electrons. The first-order valence-corrected chi connectivity index (χ1v) is 17.2. The SMILES string of the molecule is C[C@H]1/C=C/CCSC2OC(C(OC(=O)c3ccccc3)C(OC(=O)c3ccccc3)C2OC(=O)c2ccccc2)[C@@H]1N[S+](C)[O-]. The molecule has 6 unspecified atom stereocenters. The van der Waals surface area contributed by atoms with Crippen LogP contribution in [0.1, 0.15) is 44.4 Å². The number of thioether (sulfide) groups is 1. The van der Waals surface area contributed by atoms with Crippen LogP contribution in [0.4, 0.5) is 0 Å². The number of esters is 3. The van der Waals surface area contributed by atoms with Crippen LogP contribution in [0.3, 0.4) is 0 Å². The minimum atomic E-state index is -1.48. The topological polar surface area (TPSA) is 123 Å². The van der Waals surface area contributed by atoms with Gasteiger partial charge in [-0.05, 0) is 54.5 Å². The van der Waals surface area contributed by atoms with Crippen molar-refractivity contribution in [3.8, 4) is 0 Å². The highest BCUT2D eigenvalue weighted by molar-refractivity contribution is 7.99. The van der Waals surface area contributed by atoms with Crippen LogP contribution in [0.25, 0.3) is 0 Å². The van der Waals surface area contributed by atoms with Gasteiger partial charge in [0.05, 0.1) is 22.7 Å². The number of nitrogens with one attached hydrogen (secondary N) is 1. The Morgan fingerprint density at radius 2 is 1.24 bits per heavy atom. The Hall–Kier alpha value is -3.61. The fourth-order valence-corrected chi connectivity index (χ4v) is 7.14. The quantitative estimate of drug-likeness (QED) is 0.155. The lowest BCUT2D eigenvalue weighted by Crippen LogP contribution is -2.66. The fourth-order valence-electron chi connectivity index (χ4n) is 5.30. The molecule has 45 heavy (non-hydrogen) atoms. The molecule has 0 amide bonds. The third kappa shape index (κ3) is 8.36. The molecule has 11 heteroatoms. The van der Waals surface area contributed by atoms with E-state index in [0.29, 0.717) is 17.7 Å². The molecular weight excluding hydrogens is 615 g/mol. The van der Waals surface area contributed by atoms with Crippen molar-refractivity contribution in [3.63, 3.8) is 0 Å². The Morgan fingerprint density at radius 1 is 0.778 bits per heavy atom. The molecule has 1 saturated heterocycles. The largest absolute Gasteiger partial charge is 0.598 e. The lowest BCUT2D eigenvalue weighted by Gasteiger charge is -2.47. The Balaban J connectivity index is 1.61. The highest BCUT2D eigenvalue weighted by Crippen LogP contribution is 2.38. The third-order valence-corrected chi connectivity index (χ3v) is 9.30. The number of allylic oxidation sites excluding steroid dienone is 1. The maximum Gasteiger partial charge on any atom is 0.338 e. The molecule has 2 aliphatic rings. The minimum Gasteiger partial charge on any atom is -0.598 e. The van der Waals surface area contributed by atoms with Gasteiger partial charge in [-0.3, -0.25) is 0 Å². The van der Waals surface area contributed by atoms with Gasteiger partial charge in [-0.2, -0.15) is 0 Å². The zero-order chi connectivity index (χ0) is 31.8. The molecule has 1 fully saturated rings. The number of rotatable bonds is 8. The molecule has 0 aromatic heterocycles. The molecule has 0 saturated carbocycles. The Bertz CT molecular complexity index is 1460. The van der Waals surface area contributed by atoms with Crippen molar-refractivity contribution in [1.82, 2.24) is 4.72 Å². The van der Waals surface area contributed by atoms with Crippen molar-refractivity contribution in [3.05, 3.63) is 120 Å². The number of fused-ring (bicyclic) bond motifs is 2. The second-order valence-corrected chi connectivity index (χ2v) is 13.1. The smallest absolute Gasteiger partial charge is 0.338 e. The molecule has 2 aliphatic heterocycles. The van der Waals surface area contributed by atoms with Gasteiger partial charge in [0, 0.05) is 11.4 Å². The number of carbonyl (C=O) groups is 3. The van der Waals surface area contributed by atoms with Crippen LogP contribution < -0.4 is 4.72 Å². The highest BCUT2D eigenvalue weighted by Gasteiger charge is 2.56. The van der Waals surface area contributed by atoms with Crippen molar-refractivity contribution in [2.24, 2.45) is 5.92 Å². The van der Waals surface area contributed by atoms with E-state index in [2.05, 4.69) is 4.72 Å². The minimum absolute atomic E-state index is 0.227. The van der Waals surface area contributed by atoms with E-state index in [1.807, 2.05) is 19.1 Å². The van der Waals surface area contributed by atoms with Gasteiger partial charge in [0.1, 0.15) is 17.8 Å². The molecule has 8 atom stereocenters. The van der Waals surface area contributed by atoms with Gasteiger partial charge in [0.2, 0.25) is 0 Å². The summed E-state index contributed by atoms with van der Waals surface area (Å²) in [5.74, 6) is -1.62. The highest BCUT2D eigenvalue weighted by atomic mass is 32.2. The molecule has 3 aromatic rings. The monoisotopic (exact) mass is 649 g/mol. The van der Waals surface area contributed by atoms with E-state index >= 15 is 0 Å². The van der Waals surface area contributed by atoms with E-state index in [4.69, 9.17) is 18.9 Å². The maximum atomic E-state index is 13.6. The van der Waals surface area contributed by atoms with Gasteiger partial charge in [-0.1, -0.05) is 73.7 Å². The van der Waals surface area contributed by atoms with Crippen molar-refractivity contribution < 1.29 is 37.9 Å². The van der Waals surface area contributed by atoms with Crippen molar-refractivity contribution in [2.75, 3.05) is 12.0 Å². The average Bonchev–Trinajstić information content (AvgIpc) is 3.06. The lowest BCUT2D eigenvalue weighted by atomic mass is 9.87. The Morgan fingerprint density at radius 3 is 1.73 bits per heavy atom. The summed E-state index contributed by atoms with van der Waals surface area (Å²) in [7, 11) is 0. The Kier molecular flexibility index (Phi) is 11.4. The van der Waals surface area contributed by atoms with Crippen LogP contribution in [0, 0.1) is 5.92 Å². The van der Waals surface area contributed by atoms with Crippen molar-refractivity contribution in [1.29, 1.82) is 0 Å². The molecule has 236 valence electrons. The van der Waals surface area contributed by atoms with E-state index in [1.165, 1.54) is 18.0 Å². The first kappa shape index (κ1) is 32.8. The predicted octanol–water partition coefficient (Wildman–Crippen LogP) is 4.97. The first-order chi connectivity index (χ1) is 21.8. The fraction of sp³-hybridized carbons (Fsp3) is 0.324. The number of hydrogen-bond acceptors (Lipinski definition) is 10. The average molecular weight is 650 g/mol. The van der Waals surface area contributed by atoms with E-state index < -0.39 is 65.2 Å². The van der Waals surface area contributed by atoms with Crippen molar-refractivity contribution >= 4 is 41.0 Å². The van der Waals surface area contributed by atoms with E-state index in [9.17, 15) is 18.9 Å².